The molecule has 13 atom stereocenters. The van der Waals surface area contributed by atoms with Crippen molar-refractivity contribution in [2.24, 2.45) is 46.8 Å². The van der Waals surface area contributed by atoms with Crippen LogP contribution in [0.3, 0.4) is 0 Å². The Morgan fingerprint density at radius 1 is 0.875 bits per heavy atom. The molecule has 5 rings (SSSR count). The van der Waals surface area contributed by atoms with E-state index in [2.05, 4.69) is 47.7 Å². The normalized spacial score (nSPS) is 46.4. The summed E-state index contributed by atoms with van der Waals surface area (Å²) in [6.45, 7) is 18.2. The highest BCUT2D eigenvalue weighted by molar-refractivity contribution is 6.74. The summed E-state index contributed by atoms with van der Waals surface area (Å²) in [5.74, 6) is 2.27. The molecule has 1 aliphatic heterocycles. The predicted molar refractivity (Wildman–Crippen MR) is 154 cm³/mol. The van der Waals surface area contributed by atoms with E-state index in [0.29, 0.717) is 49.6 Å². The monoisotopic (exact) mass is 584 g/mol. The molecular formula is C31H56O8Si. The van der Waals surface area contributed by atoms with Gasteiger partial charge in [-0.2, -0.15) is 0 Å². The van der Waals surface area contributed by atoms with Gasteiger partial charge in [0.15, 0.2) is 14.6 Å². The van der Waals surface area contributed by atoms with Crippen molar-refractivity contribution in [3.63, 3.8) is 0 Å². The van der Waals surface area contributed by atoms with Crippen molar-refractivity contribution in [1.82, 2.24) is 0 Å². The molecule has 0 amide bonds. The van der Waals surface area contributed by atoms with Crippen molar-refractivity contribution in [3.8, 4) is 0 Å². The van der Waals surface area contributed by atoms with E-state index >= 15 is 0 Å². The van der Waals surface area contributed by atoms with E-state index in [1.165, 1.54) is 0 Å². The van der Waals surface area contributed by atoms with Crippen LogP contribution in [0, 0.1) is 46.8 Å². The molecule has 9 heteroatoms. The lowest BCUT2D eigenvalue weighted by Crippen LogP contribution is -2.61. The Bertz CT molecular complexity index is 865. The zero-order valence-electron chi connectivity index (χ0n) is 26.4. The molecule has 232 valence electrons. The first kappa shape index (κ1) is 31.3. The Kier molecular flexibility index (Phi) is 9.22. The van der Waals surface area contributed by atoms with Gasteiger partial charge in [0.05, 0.1) is 37.6 Å². The highest BCUT2D eigenvalue weighted by Gasteiger charge is 2.72. The fourth-order valence-corrected chi connectivity index (χ4v) is 11.0. The first-order valence-corrected chi connectivity index (χ1v) is 18.6. The van der Waals surface area contributed by atoms with Gasteiger partial charge in [0.2, 0.25) is 0 Å². The van der Waals surface area contributed by atoms with E-state index < -0.39 is 14.6 Å². The minimum absolute atomic E-state index is 0.00615. The van der Waals surface area contributed by atoms with Crippen LogP contribution in [0.25, 0.3) is 0 Å². The molecule has 0 spiro atoms. The third-order valence-corrected chi connectivity index (χ3v) is 16.8. The second-order valence-corrected chi connectivity index (χ2v) is 19.9. The van der Waals surface area contributed by atoms with Crippen LogP contribution in [0.15, 0.2) is 0 Å². The van der Waals surface area contributed by atoms with Crippen LogP contribution < -0.4 is 0 Å². The minimum atomic E-state index is -2.08. The summed E-state index contributed by atoms with van der Waals surface area (Å²) in [5.41, 5.74) is 0.0358. The molecule has 0 radical (unpaired) electrons. The molecule has 1 heterocycles. The maximum atomic E-state index is 11.5. The molecule has 5 aliphatic rings. The zero-order chi connectivity index (χ0) is 29.0. The summed E-state index contributed by atoms with van der Waals surface area (Å²) in [6.07, 6.45) is 3.28. The largest absolute Gasteiger partial charge is 0.413 e. The number of hydrogen-bond acceptors (Lipinski definition) is 8. The van der Waals surface area contributed by atoms with Gasteiger partial charge >= 0.3 is 0 Å². The summed E-state index contributed by atoms with van der Waals surface area (Å²) >= 11 is 0. The first-order chi connectivity index (χ1) is 18.8. The van der Waals surface area contributed by atoms with E-state index in [4.69, 9.17) is 32.8 Å². The van der Waals surface area contributed by atoms with Crippen LogP contribution in [0.1, 0.15) is 60.3 Å². The molecule has 8 nitrogen and oxygen atoms in total. The Labute approximate surface area is 243 Å². The summed E-state index contributed by atoms with van der Waals surface area (Å²) in [4.78, 5) is 0. The molecule has 1 N–H and O–H groups in total. The van der Waals surface area contributed by atoms with E-state index in [-0.39, 0.29) is 53.5 Å². The van der Waals surface area contributed by atoms with Crippen LogP contribution in [0.5, 0.6) is 0 Å². The second-order valence-electron chi connectivity index (χ2n) is 15.2. The van der Waals surface area contributed by atoms with Crippen LogP contribution in [0.2, 0.25) is 18.1 Å². The smallest absolute Gasteiger partial charge is 0.192 e. The van der Waals surface area contributed by atoms with Gasteiger partial charge in [0.25, 0.3) is 0 Å². The number of methoxy groups -OCH3 is 2. The van der Waals surface area contributed by atoms with Crippen LogP contribution >= 0.6 is 0 Å². The maximum absolute atomic E-state index is 11.5. The van der Waals surface area contributed by atoms with Gasteiger partial charge in [-0.05, 0) is 84.7 Å². The average Bonchev–Trinajstić information content (AvgIpc) is 3.35. The lowest BCUT2D eigenvalue weighted by molar-refractivity contribution is -0.229. The summed E-state index contributed by atoms with van der Waals surface area (Å²) in [5, 5.41) is 11.6. The molecule has 0 aromatic heterocycles. The standard InChI is InChI=1S/C31H56O8Si/c1-18-12-23(36-16-34-7)21-15-22(37-17-35-11-10-33-6)19-13-24-26-27(29(32)38-24)25(39-40(8,9)30(2,3)4)14-20(18)31(21,5)28(19)26/h18-29,32H,10-17H2,1-9H3/t18-,19+,20+,21-,22+,23-,24-,25+,26+,27+,28-,29?,31-/m0/s1. The SMILES string of the molecule is COCCOCO[C@@H]1C[C@H]2[C@@H](OCOC)C[C@H](C)[C@H]3C[C@@H](O[Si](C)(C)C(C)(C)C)[C@H]4C(O)O[C@H]5C[C@H]1[C@@H]([C@@H]45)[C@@]32C. The van der Waals surface area contributed by atoms with Crippen molar-refractivity contribution in [2.45, 2.75) is 109 Å². The summed E-state index contributed by atoms with van der Waals surface area (Å²) in [6, 6.07) is 0. The Hall–Kier alpha value is -0.103. The predicted octanol–water partition coefficient (Wildman–Crippen LogP) is 5.04. The van der Waals surface area contributed by atoms with E-state index in [1.54, 1.807) is 14.2 Å². The molecule has 0 aromatic rings. The van der Waals surface area contributed by atoms with Gasteiger partial charge < -0.3 is 38.0 Å². The van der Waals surface area contributed by atoms with Crippen LogP contribution in [0.4, 0.5) is 0 Å². The molecule has 1 unspecified atom stereocenters. The minimum Gasteiger partial charge on any atom is -0.413 e. The van der Waals surface area contributed by atoms with Crippen molar-refractivity contribution < 1.29 is 38.0 Å². The second kappa shape index (κ2) is 11.8. The molecule has 1 saturated heterocycles. The van der Waals surface area contributed by atoms with E-state index in [0.717, 1.165) is 25.7 Å². The number of aliphatic hydroxyl groups is 1. The number of aliphatic hydroxyl groups excluding tert-OH is 1. The van der Waals surface area contributed by atoms with Crippen molar-refractivity contribution in [3.05, 3.63) is 0 Å². The average molecular weight is 585 g/mol. The third kappa shape index (κ3) is 5.27. The van der Waals surface area contributed by atoms with Gasteiger partial charge in [-0.3, -0.25) is 0 Å². The van der Waals surface area contributed by atoms with Crippen LogP contribution in [-0.4, -0.2) is 85.1 Å². The number of rotatable bonds is 11. The van der Waals surface area contributed by atoms with Crippen LogP contribution in [-0.2, 0) is 32.8 Å². The van der Waals surface area contributed by atoms with Crippen molar-refractivity contribution in [1.29, 1.82) is 0 Å². The molecule has 0 aromatic carbocycles. The molecule has 40 heavy (non-hydrogen) atoms. The fraction of sp³-hybridized carbons (Fsp3) is 1.00. The first-order valence-electron chi connectivity index (χ1n) is 15.6. The van der Waals surface area contributed by atoms with Gasteiger partial charge in [0.1, 0.15) is 13.6 Å². The topological polar surface area (TPSA) is 84.8 Å². The molecule has 0 bridgehead atoms. The lowest BCUT2D eigenvalue weighted by Gasteiger charge is -2.62. The van der Waals surface area contributed by atoms with Crippen molar-refractivity contribution >= 4 is 8.32 Å². The summed E-state index contributed by atoms with van der Waals surface area (Å²) < 4.78 is 43.0. The highest BCUT2D eigenvalue weighted by atomic mass is 28.4. The van der Waals surface area contributed by atoms with Gasteiger partial charge in [0, 0.05) is 20.1 Å². The number of hydrogen-bond donors (Lipinski definition) is 1. The van der Waals surface area contributed by atoms with Gasteiger partial charge in [-0.15, -0.1) is 0 Å². The molecule has 5 fully saturated rings. The Morgan fingerprint density at radius 2 is 1.57 bits per heavy atom. The lowest BCUT2D eigenvalue weighted by atomic mass is 9.45. The molecular weight excluding hydrogens is 528 g/mol. The quantitative estimate of drug-likeness (QED) is 0.205. The third-order valence-electron chi connectivity index (χ3n) is 12.3. The Balaban J connectivity index is 1.52. The zero-order valence-corrected chi connectivity index (χ0v) is 27.4. The fourth-order valence-electron chi connectivity index (χ4n) is 9.62. The van der Waals surface area contributed by atoms with Gasteiger partial charge in [-0.25, -0.2) is 0 Å². The maximum Gasteiger partial charge on any atom is 0.192 e. The summed E-state index contributed by atoms with van der Waals surface area (Å²) in [7, 11) is 1.31. The number of ether oxygens (including phenoxy) is 6. The van der Waals surface area contributed by atoms with E-state index in [9.17, 15) is 5.11 Å². The molecule has 4 saturated carbocycles. The Morgan fingerprint density at radius 3 is 2.25 bits per heavy atom. The van der Waals surface area contributed by atoms with E-state index in [1.807, 2.05) is 0 Å². The highest BCUT2D eigenvalue weighted by Crippen LogP contribution is 2.71. The van der Waals surface area contributed by atoms with Crippen molar-refractivity contribution in [2.75, 3.05) is 41.0 Å². The molecule has 4 aliphatic carbocycles. The van der Waals surface area contributed by atoms with Gasteiger partial charge in [-0.1, -0.05) is 34.6 Å².